The van der Waals surface area contributed by atoms with Gasteiger partial charge in [0.2, 0.25) is 5.91 Å². The fourth-order valence-electron chi connectivity index (χ4n) is 2.82. The van der Waals surface area contributed by atoms with Crippen LogP contribution in [0.4, 0.5) is 0 Å². The summed E-state index contributed by atoms with van der Waals surface area (Å²) in [5, 5.41) is 0. The Labute approximate surface area is 116 Å². The number of ether oxygens (including phenoxy) is 1. The van der Waals surface area contributed by atoms with Crippen LogP contribution in [-0.4, -0.2) is 37.0 Å². The van der Waals surface area contributed by atoms with Gasteiger partial charge in [0.15, 0.2) is 0 Å². The normalized spacial score (nSPS) is 21.8. The third kappa shape index (κ3) is 4.51. The van der Waals surface area contributed by atoms with Crippen molar-refractivity contribution in [1.29, 1.82) is 0 Å². The first-order valence-electron chi connectivity index (χ1n) is 7.29. The van der Waals surface area contributed by atoms with Gasteiger partial charge in [-0.2, -0.15) is 0 Å². The van der Waals surface area contributed by atoms with Crippen molar-refractivity contribution in [3.8, 4) is 0 Å². The summed E-state index contributed by atoms with van der Waals surface area (Å²) in [6, 6.07) is 0. The first-order chi connectivity index (χ1) is 8.88. The van der Waals surface area contributed by atoms with Gasteiger partial charge in [-0.05, 0) is 25.2 Å². The number of hydrogen-bond donors (Lipinski definition) is 0. The molecule has 0 aromatic carbocycles. The molecule has 0 aromatic rings. The van der Waals surface area contributed by atoms with Gasteiger partial charge in [0, 0.05) is 19.5 Å². The fraction of sp³-hybridized carbons (Fsp3) is 0.867. The van der Waals surface area contributed by atoms with Crippen LogP contribution in [0.3, 0.4) is 0 Å². The molecule has 1 aliphatic rings. The van der Waals surface area contributed by atoms with Crippen molar-refractivity contribution in [1.82, 2.24) is 4.90 Å². The van der Waals surface area contributed by atoms with Gasteiger partial charge in [-0.3, -0.25) is 9.59 Å². The molecule has 1 amide bonds. The van der Waals surface area contributed by atoms with Crippen LogP contribution in [0.2, 0.25) is 0 Å². The Morgan fingerprint density at radius 1 is 1.32 bits per heavy atom. The van der Waals surface area contributed by atoms with Crippen molar-refractivity contribution in [2.75, 3.05) is 20.2 Å². The monoisotopic (exact) mass is 269 g/mol. The van der Waals surface area contributed by atoms with Crippen molar-refractivity contribution < 1.29 is 14.3 Å². The van der Waals surface area contributed by atoms with Crippen LogP contribution >= 0.6 is 0 Å². The predicted molar refractivity (Wildman–Crippen MR) is 74.6 cm³/mol. The summed E-state index contributed by atoms with van der Waals surface area (Å²) in [6.07, 6.45) is 4.70. The molecule has 1 atom stereocenters. The van der Waals surface area contributed by atoms with Crippen LogP contribution in [0.15, 0.2) is 0 Å². The molecule has 1 saturated carbocycles. The summed E-state index contributed by atoms with van der Waals surface area (Å²) in [5.74, 6) is 0.0347. The maximum atomic E-state index is 12.5. The number of esters is 1. The summed E-state index contributed by atoms with van der Waals surface area (Å²) in [7, 11) is 1.78. The average molecular weight is 269 g/mol. The molecule has 0 aromatic heterocycles. The topological polar surface area (TPSA) is 46.6 Å². The molecule has 0 saturated heterocycles. The number of carbonyl (C=O) groups excluding carboxylic acids is 2. The molecule has 4 nitrogen and oxygen atoms in total. The zero-order chi connectivity index (χ0) is 14.5. The third-order valence-corrected chi connectivity index (χ3v) is 4.14. The van der Waals surface area contributed by atoms with E-state index in [4.69, 9.17) is 4.74 Å². The van der Waals surface area contributed by atoms with Crippen LogP contribution in [0.5, 0.6) is 0 Å². The minimum atomic E-state index is -0.231. The van der Waals surface area contributed by atoms with Gasteiger partial charge in [-0.25, -0.2) is 0 Å². The van der Waals surface area contributed by atoms with Crippen LogP contribution in [-0.2, 0) is 14.3 Å². The maximum Gasteiger partial charge on any atom is 0.307 e. The molecule has 1 aliphatic carbocycles. The van der Waals surface area contributed by atoms with E-state index in [2.05, 4.69) is 13.8 Å². The van der Waals surface area contributed by atoms with Gasteiger partial charge in [0.25, 0.3) is 0 Å². The summed E-state index contributed by atoms with van der Waals surface area (Å²) in [4.78, 5) is 25.5. The Kier molecular flexibility index (Phi) is 5.83. The van der Waals surface area contributed by atoms with Gasteiger partial charge in [0.05, 0.1) is 13.0 Å². The summed E-state index contributed by atoms with van der Waals surface area (Å²) in [5.41, 5.74) is 0.0769. The molecule has 0 heterocycles. The smallest absolute Gasteiger partial charge is 0.307 e. The largest absolute Gasteiger partial charge is 0.466 e. The number of nitrogens with zero attached hydrogens (tertiary/aromatic N) is 1. The summed E-state index contributed by atoms with van der Waals surface area (Å²) in [6.45, 7) is 6.98. The molecule has 4 heteroatoms. The van der Waals surface area contributed by atoms with E-state index in [1.54, 1.807) is 18.9 Å². The van der Waals surface area contributed by atoms with Crippen molar-refractivity contribution in [2.45, 2.75) is 52.9 Å². The third-order valence-electron chi connectivity index (χ3n) is 4.14. The molecule has 0 aliphatic heterocycles. The number of carbonyl (C=O) groups is 2. The number of rotatable bonds is 5. The molecule has 0 N–H and O–H groups in total. The van der Waals surface area contributed by atoms with Crippen molar-refractivity contribution in [3.05, 3.63) is 0 Å². The average Bonchev–Trinajstić information content (AvgIpc) is 2.35. The lowest BCUT2D eigenvalue weighted by Gasteiger charge is -2.39. The molecular formula is C15H27NO3. The van der Waals surface area contributed by atoms with E-state index in [1.165, 1.54) is 6.42 Å². The van der Waals surface area contributed by atoms with Crippen molar-refractivity contribution in [2.24, 2.45) is 11.3 Å². The van der Waals surface area contributed by atoms with E-state index < -0.39 is 0 Å². The van der Waals surface area contributed by atoms with Gasteiger partial charge in [0.1, 0.15) is 0 Å². The minimum Gasteiger partial charge on any atom is -0.466 e. The van der Waals surface area contributed by atoms with E-state index in [0.717, 1.165) is 19.3 Å². The van der Waals surface area contributed by atoms with Crippen LogP contribution < -0.4 is 0 Å². The van der Waals surface area contributed by atoms with E-state index in [-0.39, 0.29) is 29.6 Å². The van der Waals surface area contributed by atoms with Crippen LogP contribution in [0.25, 0.3) is 0 Å². The van der Waals surface area contributed by atoms with Crippen molar-refractivity contribution >= 4 is 11.9 Å². The number of hydrogen-bond acceptors (Lipinski definition) is 3. The molecule has 0 spiro atoms. The Bertz CT molecular complexity index is 325. The summed E-state index contributed by atoms with van der Waals surface area (Å²) >= 11 is 0. The second-order valence-corrected chi connectivity index (χ2v) is 6.10. The maximum absolute atomic E-state index is 12.5. The van der Waals surface area contributed by atoms with E-state index in [0.29, 0.717) is 13.2 Å². The Morgan fingerprint density at radius 3 is 2.58 bits per heavy atom. The van der Waals surface area contributed by atoms with Gasteiger partial charge >= 0.3 is 5.97 Å². The lowest BCUT2D eigenvalue weighted by atomic mass is 9.68. The minimum absolute atomic E-state index is 0.0769. The zero-order valence-electron chi connectivity index (χ0n) is 12.7. The van der Waals surface area contributed by atoms with Gasteiger partial charge in [-0.15, -0.1) is 0 Å². The zero-order valence-corrected chi connectivity index (χ0v) is 12.7. The SMILES string of the molecule is CCOC(=O)CCN(C)C(=O)C1CCCCC1(C)C. The standard InChI is InChI=1S/C15H27NO3/c1-5-19-13(17)9-11-16(4)14(18)12-8-6-7-10-15(12,2)3/h12H,5-11H2,1-4H3. The Morgan fingerprint density at radius 2 is 2.00 bits per heavy atom. The van der Waals surface area contributed by atoms with Crippen molar-refractivity contribution in [3.63, 3.8) is 0 Å². The highest BCUT2D eigenvalue weighted by atomic mass is 16.5. The molecule has 0 bridgehead atoms. The van der Waals surface area contributed by atoms with E-state index in [9.17, 15) is 9.59 Å². The van der Waals surface area contributed by atoms with E-state index >= 15 is 0 Å². The molecule has 19 heavy (non-hydrogen) atoms. The van der Waals surface area contributed by atoms with Gasteiger partial charge in [-0.1, -0.05) is 26.7 Å². The fourth-order valence-corrected chi connectivity index (χ4v) is 2.82. The summed E-state index contributed by atoms with van der Waals surface area (Å²) < 4.78 is 4.88. The van der Waals surface area contributed by atoms with Crippen LogP contribution in [0.1, 0.15) is 52.9 Å². The predicted octanol–water partition coefficient (Wildman–Crippen LogP) is 2.61. The quantitative estimate of drug-likeness (QED) is 0.721. The van der Waals surface area contributed by atoms with Gasteiger partial charge < -0.3 is 9.64 Å². The molecule has 110 valence electrons. The highest BCUT2D eigenvalue weighted by molar-refractivity contribution is 5.80. The lowest BCUT2D eigenvalue weighted by Crippen LogP contribution is -2.42. The number of amides is 1. The molecule has 1 fully saturated rings. The second-order valence-electron chi connectivity index (χ2n) is 6.10. The molecule has 0 radical (unpaired) electrons. The Hall–Kier alpha value is -1.06. The highest BCUT2D eigenvalue weighted by Gasteiger charge is 2.38. The lowest BCUT2D eigenvalue weighted by molar-refractivity contribution is -0.145. The molecular weight excluding hydrogens is 242 g/mol. The molecule has 1 rings (SSSR count). The second kappa shape index (κ2) is 6.92. The van der Waals surface area contributed by atoms with E-state index in [1.807, 2.05) is 0 Å². The first-order valence-corrected chi connectivity index (χ1v) is 7.29. The Balaban J connectivity index is 2.49. The highest BCUT2D eigenvalue weighted by Crippen LogP contribution is 2.41. The van der Waals surface area contributed by atoms with Crippen LogP contribution in [0, 0.1) is 11.3 Å². The molecule has 1 unspecified atom stereocenters. The first kappa shape index (κ1) is 16.0.